The van der Waals surface area contributed by atoms with E-state index >= 15 is 0 Å². The minimum Gasteiger partial charge on any atom is -0.497 e. The van der Waals surface area contributed by atoms with Crippen LogP contribution in [0.25, 0.3) is 16.9 Å². The molecule has 2 aromatic heterocycles. The lowest BCUT2D eigenvalue weighted by Crippen LogP contribution is -2.27. The summed E-state index contributed by atoms with van der Waals surface area (Å²) in [5.41, 5.74) is 4.36. The van der Waals surface area contributed by atoms with Crippen LogP contribution in [0.5, 0.6) is 5.75 Å². The zero-order chi connectivity index (χ0) is 21.6. The number of pyridine rings is 1. The summed E-state index contributed by atoms with van der Waals surface area (Å²) in [6, 6.07) is 18.7. The normalized spacial score (nSPS) is 12.0. The van der Waals surface area contributed by atoms with Gasteiger partial charge in [-0.3, -0.25) is 4.98 Å². The number of hydrogen-bond donors (Lipinski definition) is 1. The molecule has 5 nitrogen and oxygen atoms in total. The number of hydrogen-bond acceptors (Lipinski definition) is 4. The zero-order valence-electron chi connectivity index (χ0n) is 17.6. The predicted octanol–water partition coefficient (Wildman–Crippen LogP) is 4.80. The molecule has 2 heterocycles. The molecule has 31 heavy (non-hydrogen) atoms. The fourth-order valence-electron chi connectivity index (χ4n) is 3.52. The van der Waals surface area contributed by atoms with E-state index in [4.69, 9.17) is 9.84 Å². The maximum atomic E-state index is 14.4. The maximum Gasteiger partial charge on any atom is 0.148 e. The van der Waals surface area contributed by atoms with Crippen molar-refractivity contribution in [2.75, 3.05) is 7.11 Å². The Kier molecular flexibility index (Phi) is 6.38. The molecule has 0 unspecified atom stereocenters. The van der Waals surface area contributed by atoms with E-state index in [9.17, 15) is 4.39 Å². The Morgan fingerprint density at radius 3 is 2.58 bits per heavy atom. The molecular formula is C25H25FN4O. The van der Waals surface area contributed by atoms with Crippen molar-refractivity contribution in [2.24, 2.45) is 0 Å². The Morgan fingerprint density at radius 1 is 1.06 bits per heavy atom. The van der Waals surface area contributed by atoms with Crippen molar-refractivity contribution in [2.45, 2.75) is 25.9 Å². The number of aromatic nitrogens is 3. The van der Waals surface area contributed by atoms with Crippen molar-refractivity contribution >= 4 is 0 Å². The van der Waals surface area contributed by atoms with Crippen molar-refractivity contribution in [1.29, 1.82) is 0 Å². The van der Waals surface area contributed by atoms with Crippen LogP contribution in [0.15, 0.2) is 79.3 Å². The van der Waals surface area contributed by atoms with Gasteiger partial charge in [0, 0.05) is 42.3 Å². The molecule has 0 saturated heterocycles. The molecule has 1 N–H and O–H groups in total. The quantitative estimate of drug-likeness (QED) is 0.448. The molecule has 1 atom stereocenters. The van der Waals surface area contributed by atoms with E-state index in [1.165, 1.54) is 11.6 Å². The largest absolute Gasteiger partial charge is 0.497 e. The van der Waals surface area contributed by atoms with Crippen molar-refractivity contribution in [3.63, 3.8) is 0 Å². The van der Waals surface area contributed by atoms with Crippen LogP contribution in [0.4, 0.5) is 4.39 Å². The first kappa shape index (κ1) is 20.8. The number of benzene rings is 2. The van der Waals surface area contributed by atoms with Crippen LogP contribution in [0.1, 0.15) is 18.1 Å². The van der Waals surface area contributed by atoms with Crippen molar-refractivity contribution in [3.05, 3.63) is 96.2 Å². The van der Waals surface area contributed by atoms with E-state index in [1.54, 1.807) is 36.2 Å². The van der Waals surface area contributed by atoms with E-state index in [1.807, 2.05) is 42.7 Å². The van der Waals surface area contributed by atoms with Gasteiger partial charge in [-0.25, -0.2) is 9.07 Å². The summed E-state index contributed by atoms with van der Waals surface area (Å²) in [6.45, 7) is 2.75. The van der Waals surface area contributed by atoms with Gasteiger partial charge in [0.05, 0.1) is 12.8 Å². The summed E-state index contributed by atoms with van der Waals surface area (Å²) in [4.78, 5) is 4.18. The highest BCUT2D eigenvalue weighted by molar-refractivity contribution is 5.64. The highest BCUT2D eigenvalue weighted by Gasteiger charge is 2.15. The lowest BCUT2D eigenvalue weighted by molar-refractivity contribution is 0.415. The molecule has 0 amide bonds. The lowest BCUT2D eigenvalue weighted by atomic mass is 10.1. The van der Waals surface area contributed by atoms with Gasteiger partial charge in [0.15, 0.2) is 0 Å². The number of ether oxygens (including phenoxy) is 1. The van der Waals surface area contributed by atoms with Crippen LogP contribution >= 0.6 is 0 Å². The van der Waals surface area contributed by atoms with Gasteiger partial charge in [0.1, 0.15) is 17.3 Å². The van der Waals surface area contributed by atoms with E-state index < -0.39 is 0 Å². The molecule has 2 aromatic carbocycles. The van der Waals surface area contributed by atoms with Gasteiger partial charge in [-0.1, -0.05) is 18.2 Å². The van der Waals surface area contributed by atoms with Gasteiger partial charge in [-0.05, 0) is 61.4 Å². The first-order valence-corrected chi connectivity index (χ1v) is 10.2. The summed E-state index contributed by atoms with van der Waals surface area (Å²) in [7, 11) is 1.64. The fraction of sp³-hybridized carbons (Fsp3) is 0.200. The Morgan fingerprint density at radius 2 is 1.87 bits per heavy atom. The van der Waals surface area contributed by atoms with Gasteiger partial charge in [-0.2, -0.15) is 5.10 Å². The predicted molar refractivity (Wildman–Crippen MR) is 120 cm³/mol. The SMILES string of the molecule is COc1ccc(-c2nn(-c3ccccc3F)cc2CN[C@@H](C)Cc2cccnc2)cc1. The molecule has 0 fully saturated rings. The summed E-state index contributed by atoms with van der Waals surface area (Å²) in [5.74, 6) is 0.470. The average Bonchev–Trinajstić information content (AvgIpc) is 3.23. The minimum absolute atomic E-state index is 0.240. The topological polar surface area (TPSA) is 52.0 Å². The molecule has 0 saturated carbocycles. The van der Waals surface area contributed by atoms with Gasteiger partial charge in [-0.15, -0.1) is 0 Å². The standard InChI is InChI=1S/C25H25FN4O/c1-18(14-19-6-5-13-27-15-19)28-16-21-17-30(24-8-4-3-7-23(24)26)29-25(21)20-9-11-22(31-2)12-10-20/h3-13,15,17-18,28H,14,16H2,1-2H3/t18-/m0/s1. The summed E-state index contributed by atoms with van der Waals surface area (Å²) in [6.07, 6.45) is 6.42. The third-order valence-electron chi connectivity index (χ3n) is 5.16. The van der Waals surface area contributed by atoms with Crippen LogP contribution < -0.4 is 10.1 Å². The van der Waals surface area contributed by atoms with Crippen molar-refractivity contribution < 1.29 is 9.13 Å². The molecular weight excluding hydrogens is 391 g/mol. The number of rotatable bonds is 8. The third-order valence-corrected chi connectivity index (χ3v) is 5.16. The lowest BCUT2D eigenvalue weighted by Gasteiger charge is -2.13. The second-order valence-corrected chi connectivity index (χ2v) is 7.47. The second kappa shape index (κ2) is 9.53. The second-order valence-electron chi connectivity index (χ2n) is 7.47. The first-order valence-electron chi connectivity index (χ1n) is 10.2. The average molecular weight is 417 g/mol. The molecule has 4 rings (SSSR count). The summed E-state index contributed by atoms with van der Waals surface area (Å²) in [5, 5.41) is 8.27. The van der Waals surface area contributed by atoms with Crippen molar-refractivity contribution in [3.8, 4) is 22.7 Å². The van der Waals surface area contributed by atoms with Crippen LogP contribution in [0.2, 0.25) is 0 Å². The molecule has 158 valence electrons. The first-order chi connectivity index (χ1) is 15.1. The van der Waals surface area contributed by atoms with E-state index in [0.29, 0.717) is 12.2 Å². The maximum absolute atomic E-state index is 14.4. The number of para-hydroxylation sites is 1. The van der Waals surface area contributed by atoms with Crippen LogP contribution in [-0.2, 0) is 13.0 Å². The van der Waals surface area contributed by atoms with Gasteiger partial charge in [0.25, 0.3) is 0 Å². The number of nitrogens with one attached hydrogen (secondary N) is 1. The smallest absolute Gasteiger partial charge is 0.148 e. The monoisotopic (exact) mass is 416 g/mol. The molecule has 0 bridgehead atoms. The Balaban J connectivity index is 1.60. The molecule has 0 spiro atoms. The van der Waals surface area contributed by atoms with E-state index in [2.05, 4.69) is 23.3 Å². The Hall–Kier alpha value is -3.51. The molecule has 4 aromatic rings. The molecule has 0 aliphatic carbocycles. The van der Waals surface area contributed by atoms with Crippen LogP contribution in [0.3, 0.4) is 0 Å². The van der Waals surface area contributed by atoms with E-state index in [0.717, 1.165) is 29.0 Å². The number of nitrogens with zero attached hydrogens (tertiary/aromatic N) is 3. The fourth-order valence-corrected chi connectivity index (χ4v) is 3.52. The summed E-state index contributed by atoms with van der Waals surface area (Å²) < 4.78 is 21.3. The number of halogens is 1. The highest BCUT2D eigenvalue weighted by atomic mass is 19.1. The van der Waals surface area contributed by atoms with Gasteiger partial charge < -0.3 is 10.1 Å². The summed E-state index contributed by atoms with van der Waals surface area (Å²) >= 11 is 0. The molecule has 0 radical (unpaired) electrons. The van der Waals surface area contributed by atoms with E-state index in [-0.39, 0.29) is 11.9 Å². The van der Waals surface area contributed by atoms with Gasteiger partial charge >= 0.3 is 0 Å². The Bertz CT molecular complexity index is 1130. The van der Waals surface area contributed by atoms with Crippen LogP contribution in [-0.4, -0.2) is 27.9 Å². The number of methoxy groups -OCH3 is 1. The van der Waals surface area contributed by atoms with Crippen LogP contribution in [0, 0.1) is 5.82 Å². The zero-order valence-corrected chi connectivity index (χ0v) is 17.6. The highest BCUT2D eigenvalue weighted by Crippen LogP contribution is 2.26. The Labute approximate surface area is 181 Å². The third kappa shape index (κ3) is 4.98. The van der Waals surface area contributed by atoms with Gasteiger partial charge in [0.2, 0.25) is 0 Å². The molecule has 0 aliphatic heterocycles. The minimum atomic E-state index is -0.310. The molecule has 6 heteroatoms. The molecule has 0 aliphatic rings. The van der Waals surface area contributed by atoms with Crippen molar-refractivity contribution in [1.82, 2.24) is 20.1 Å².